The SMILES string of the molecule is C=C(C)[C@@H]1CC[C@]2(C(=O)O)CC[C@]3(C)C(CCC4[C@@]5(C)CCC(OC(=O)CC(C)(C)C(=O)O)C(C)(C)C5CC[C@]43C)C12. The molecule has 0 spiro atoms. The highest BCUT2D eigenvalue weighted by molar-refractivity contribution is 5.81. The largest absolute Gasteiger partial charge is 0.481 e. The predicted molar refractivity (Wildman–Crippen MR) is 163 cm³/mol. The minimum absolute atomic E-state index is 0.0847. The lowest BCUT2D eigenvalue weighted by molar-refractivity contribution is -0.250. The van der Waals surface area contributed by atoms with E-state index in [1.165, 1.54) is 0 Å². The molecule has 5 unspecified atom stereocenters. The molecule has 0 aromatic heterocycles. The normalized spacial score (nSPS) is 45.9. The second-order valence-electron chi connectivity index (χ2n) is 17.4. The number of esters is 1. The zero-order chi connectivity index (χ0) is 31.3. The van der Waals surface area contributed by atoms with Gasteiger partial charge in [0.05, 0.1) is 17.3 Å². The Morgan fingerprint density at radius 2 is 1.50 bits per heavy atom. The molecule has 0 radical (unpaired) electrons. The van der Waals surface area contributed by atoms with Gasteiger partial charge < -0.3 is 14.9 Å². The minimum atomic E-state index is -1.15. The van der Waals surface area contributed by atoms with E-state index in [2.05, 4.69) is 48.1 Å². The first kappa shape index (κ1) is 31.6. The van der Waals surface area contributed by atoms with Gasteiger partial charge in [0.1, 0.15) is 6.10 Å². The number of carboxylic acids is 2. The van der Waals surface area contributed by atoms with Crippen LogP contribution in [0.3, 0.4) is 0 Å². The van der Waals surface area contributed by atoms with Gasteiger partial charge in [-0.05, 0) is 131 Å². The molecule has 42 heavy (non-hydrogen) atoms. The summed E-state index contributed by atoms with van der Waals surface area (Å²) in [5.41, 5.74) is -0.477. The monoisotopic (exact) mass is 584 g/mol. The van der Waals surface area contributed by atoms with E-state index in [-0.39, 0.29) is 40.1 Å². The van der Waals surface area contributed by atoms with E-state index in [9.17, 15) is 24.6 Å². The highest BCUT2D eigenvalue weighted by Crippen LogP contribution is 2.77. The molecule has 236 valence electrons. The molecule has 5 saturated carbocycles. The Morgan fingerprint density at radius 1 is 0.833 bits per heavy atom. The topological polar surface area (TPSA) is 101 Å². The summed E-state index contributed by atoms with van der Waals surface area (Å²) in [7, 11) is 0. The van der Waals surface area contributed by atoms with Gasteiger partial charge in [-0.1, -0.05) is 46.8 Å². The number of rotatable bonds is 6. The molecule has 6 nitrogen and oxygen atoms in total. The molecule has 5 fully saturated rings. The van der Waals surface area contributed by atoms with Crippen LogP contribution in [0, 0.1) is 62.1 Å². The van der Waals surface area contributed by atoms with Crippen LogP contribution >= 0.6 is 0 Å². The average Bonchev–Trinajstić information content (AvgIpc) is 3.27. The Bertz CT molecular complexity index is 1170. The molecule has 0 saturated heterocycles. The van der Waals surface area contributed by atoms with E-state index in [0.717, 1.165) is 69.8 Å². The molecule has 6 heteroatoms. The van der Waals surface area contributed by atoms with Crippen molar-refractivity contribution in [3.8, 4) is 0 Å². The maximum atomic E-state index is 12.9. The first-order chi connectivity index (χ1) is 19.3. The van der Waals surface area contributed by atoms with Gasteiger partial charge in [0.25, 0.3) is 0 Å². The molecule has 5 rings (SSSR count). The Labute approximate surface area is 253 Å². The number of aliphatic carboxylic acids is 2. The van der Waals surface area contributed by atoms with Gasteiger partial charge in [0.15, 0.2) is 0 Å². The third-order valence-electron chi connectivity index (χ3n) is 14.9. The number of carboxylic acid groups (broad SMARTS) is 2. The summed E-state index contributed by atoms with van der Waals surface area (Å²) in [6.45, 7) is 21.7. The summed E-state index contributed by atoms with van der Waals surface area (Å²) >= 11 is 0. The molecule has 10 atom stereocenters. The fourth-order valence-electron chi connectivity index (χ4n) is 12.3. The van der Waals surface area contributed by atoms with Crippen LogP contribution < -0.4 is 0 Å². The number of fused-ring (bicyclic) bond motifs is 7. The Hall–Kier alpha value is -1.85. The maximum absolute atomic E-state index is 12.9. The van der Waals surface area contributed by atoms with Crippen LogP contribution in [0.2, 0.25) is 0 Å². The fourth-order valence-corrected chi connectivity index (χ4v) is 12.3. The molecule has 5 aliphatic carbocycles. The summed E-state index contributed by atoms with van der Waals surface area (Å²) < 4.78 is 6.10. The number of carbonyl (C=O) groups is 3. The molecule has 0 amide bonds. The van der Waals surface area contributed by atoms with Crippen LogP contribution in [0.5, 0.6) is 0 Å². The predicted octanol–water partition coefficient (Wildman–Crippen LogP) is 8.14. The van der Waals surface area contributed by atoms with Crippen molar-refractivity contribution in [1.82, 2.24) is 0 Å². The van der Waals surface area contributed by atoms with E-state index in [4.69, 9.17) is 4.74 Å². The Morgan fingerprint density at radius 3 is 2.10 bits per heavy atom. The Balaban J connectivity index is 1.42. The van der Waals surface area contributed by atoms with Crippen LogP contribution in [0.15, 0.2) is 12.2 Å². The fraction of sp³-hybridized carbons (Fsp3) is 0.861. The summed E-state index contributed by atoms with van der Waals surface area (Å²) in [6, 6.07) is 0. The molecule has 0 aromatic carbocycles. The van der Waals surface area contributed by atoms with Gasteiger partial charge in [0.2, 0.25) is 0 Å². The van der Waals surface area contributed by atoms with Crippen molar-refractivity contribution in [1.29, 1.82) is 0 Å². The van der Waals surface area contributed by atoms with Crippen molar-refractivity contribution < 1.29 is 29.3 Å². The lowest BCUT2D eigenvalue weighted by Gasteiger charge is -2.72. The first-order valence-corrected chi connectivity index (χ1v) is 16.6. The number of hydrogen-bond acceptors (Lipinski definition) is 4. The lowest BCUT2D eigenvalue weighted by Crippen LogP contribution is -2.67. The molecule has 0 bridgehead atoms. The van der Waals surface area contributed by atoms with Gasteiger partial charge in [0, 0.05) is 5.41 Å². The van der Waals surface area contributed by atoms with Crippen LogP contribution in [0.1, 0.15) is 126 Å². The summed E-state index contributed by atoms with van der Waals surface area (Å²) in [5, 5.41) is 20.1. The van der Waals surface area contributed by atoms with Crippen molar-refractivity contribution in [3.63, 3.8) is 0 Å². The van der Waals surface area contributed by atoms with E-state index in [1.807, 2.05) is 0 Å². The van der Waals surface area contributed by atoms with Gasteiger partial charge in [-0.15, -0.1) is 0 Å². The van der Waals surface area contributed by atoms with Crippen molar-refractivity contribution in [3.05, 3.63) is 12.2 Å². The summed E-state index contributed by atoms with van der Waals surface area (Å²) in [6.07, 6.45) is 9.38. The first-order valence-electron chi connectivity index (χ1n) is 16.6. The standard InChI is InChI=1S/C36H56O6/c1-21(2)22-12-17-36(30(40)41)19-18-34(8)23(28(22)36)10-11-25-33(7)15-14-26(42-27(37)20-31(3,4)29(38)39)32(5,6)24(33)13-16-35(25,34)9/h22-26,28H,1,10-20H2,2-9H3,(H,38,39)(H,40,41)/t22-,23?,24?,25?,26?,28?,33-,34+,35+,36-/m0/s1. The smallest absolute Gasteiger partial charge is 0.309 e. The van der Waals surface area contributed by atoms with E-state index < -0.39 is 28.7 Å². The molecule has 0 aromatic rings. The zero-order valence-electron chi connectivity index (χ0n) is 27.5. The van der Waals surface area contributed by atoms with Gasteiger partial charge >= 0.3 is 17.9 Å². The third kappa shape index (κ3) is 4.19. The third-order valence-corrected chi connectivity index (χ3v) is 14.9. The molecule has 5 aliphatic rings. The van der Waals surface area contributed by atoms with E-state index in [0.29, 0.717) is 23.7 Å². The highest BCUT2D eigenvalue weighted by Gasteiger charge is 2.72. The minimum Gasteiger partial charge on any atom is -0.481 e. The van der Waals surface area contributed by atoms with Gasteiger partial charge in [-0.2, -0.15) is 0 Å². The van der Waals surface area contributed by atoms with Crippen molar-refractivity contribution in [2.24, 2.45) is 62.1 Å². The number of carbonyl (C=O) groups excluding carboxylic acids is 1. The second kappa shape index (κ2) is 9.83. The lowest BCUT2D eigenvalue weighted by atomic mass is 9.32. The van der Waals surface area contributed by atoms with Crippen molar-refractivity contribution in [2.75, 3.05) is 0 Å². The Kier molecular flexibility index (Phi) is 7.39. The molecular formula is C36H56O6. The molecule has 0 heterocycles. The average molecular weight is 585 g/mol. The van der Waals surface area contributed by atoms with Gasteiger partial charge in [-0.25, -0.2) is 0 Å². The number of ether oxygens (including phenoxy) is 1. The van der Waals surface area contributed by atoms with Crippen LogP contribution in [-0.4, -0.2) is 34.2 Å². The summed E-state index contributed by atoms with van der Waals surface area (Å²) in [5.74, 6) is -0.165. The number of allylic oxidation sites excluding steroid dienone is 1. The quantitative estimate of drug-likeness (QED) is 0.241. The summed E-state index contributed by atoms with van der Waals surface area (Å²) in [4.78, 5) is 37.5. The molecular weight excluding hydrogens is 528 g/mol. The van der Waals surface area contributed by atoms with Crippen LogP contribution in [-0.2, 0) is 19.1 Å². The molecule has 0 aliphatic heterocycles. The number of hydrogen-bond donors (Lipinski definition) is 2. The molecule has 2 N–H and O–H groups in total. The van der Waals surface area contributed by atoms with Gasteiger partial charge in [-0.3, -0.25) is 14.4 Å². The highest BCUT2D eigenvalue weighted by atomic mass is 16.5. The van der Waals surface area contributed by atoms with Crippen LogP contribution in [0.25, 0.3) is 0 Å². The van der Waals surface area contributed by atoms with E-state index >= 15 is 0 Å². The van der Waals surface area contributed by atoms with Crippen molar-refractivity contribution in [2.45, 2.75) is 132 Å². The van der Waals surface area contributed by atoms with E-state index in [1.54, 1.807) is 13.8 Å². The van der Waals surface area contributed by atoms with Crippen LogP contribution in [0.4, 0.5) is 0 Å². The second-order valence-corrected chi connectivity index (χ2v) is 17.4. The van der Waals surface area contributed by atoms with Crippen molar-refractivity contribution >= 4 is 17.9 Å². The zero-order valence-corrected chi connectivity index (χ0v) is 27.5. The maximum Gasteiger partial charge on any atom is 0.309 e.